The molecule has 0 amide bonds. The molecule has 2 aromatic carbocycles. The predicted molar refractivity (Wildman–Crippen MR) is 99.9 cm³/mol. The Balaban J connectivity index is 0.00000196. The van der Waals surface area contributed by atoms with Crippen molar-refractivity contribution >= 4 is 38.5 Å². The monoisotopic (exact) mass is 460 g/mol. The number of carbonyl (C=O) groups is 1. The third kappa shape index (κ3) is 2.65. The first-order chi connectivity index (χ1) is 11.9. The highest BCUT2D eigenvalue weighted by Crippen LogP contribution is 2.38. The summed E-state index contributed by atoms with van der Waals surface area (Å²) in [6, 6.07) is 8.03. The van der Waals surface area contributed by atoms with Gasteiger partial charge in [0.15, 0.2) is 12.4 Å². The molecule has 0 unspecified atom stereocenters. The summed E-state index contributed by atoms with van der Waals surface area (Å²) in [5.74, 6) is 0.285. The number of aryl methyl sites for hydroxylation is 4. The molecular weight excluding hydrogens is 439 g/mol. The molecule has 0 aliphatic heterocycles. The summed E-state index contributed by atoms with van der Waals surface area (Å²) in [7, 11) is 4.14. The topological polar surface area (TPSA) is 35.1 Å². The Morgan fingerprint density at radius 2 is 1.81 bits per heavy atom. The van der Waals surface area contributed by atoms with Gasteiger partial charge in [0, 0.05) is 41.7 Å². The van der Waals surface area contributed by atoms with Crippen molar-refractivity contribution in [3.8, 4) is 5.75 Å². The van der Waals surface area contributed by atoms with E-state index in [1.165, 1.54) is 39.7 Å². The van der Waals surface area contributed by atoms with Crippen LogP contribution in [0.25, 0.3) is 32.6 Å². The standard InChI is InChI=1S/C21H21N2O2.HI/c1-12-18-11-22(4)9-8-16(18)13(2)21-20(12)17-10-15(25-14(3)24)6-7-19(17)23(21)5;/h6-11H,1-5H3;1H/q+1;/p-1. The highest BCUT2D eigenvalue weighted by molar-refractivity contribution is 6.17. The number of benzene rings is 2. The highest BCUT2D eigenvalue weighted by Gasteiger charge is 2.18. The van der Waals surface area contributed by atoms with Gasteiger partial charge in [0.1, 0.15) is 12.8 Å². The van der Waals surface area contributed by atoms with Crippen LogP contribution in [0.2, 0.25) is 0 Å². The van der Waals surface area contributed by atoms with Crippen LogP contribution in [0, 0.1) is 13.8 Å². The maximum Gasteiger partial charge on any atom is 0.308 e. The van der Waals surface area contributed by atoms with Crippen molar-refractivity contribution in [3.05, 3.63) is 47.8 Å². The second kappa shape index (κ2) is 6.54. The van der Waals surface area contributed by atoms with Gasteiger partial charge in [0.2, 0.25) is 0 Å². The fourth-order valence-corrected chi connectivity index (χ4v) is 3.96. The van der Waals surface area contributed by atoms with Crippen molar-refractivity contribution in [2.75, 3.05) is 0 Å². The maximum absolute atomic E-state index is 11.3. The minimum absolute atomic E-state index is 0. The molecule has 5 heteroatoms. The van der Waals surface area contributed by atoms with E-state index in [2.05, 4.69) is 48.5 Å². The van der Waals surface area contributed by atoms with E-state index >= 15 is 0 Å². The maximum atomic E-state index is 11.3. The van der Waals surface area contributed by atoms with Gasteiger partial charge in [-0.1, -0.05) is 0 Å². The van der Waals surface area contributed by atoms with Gasteiger partial charge >= 0.3 is 5.97 Å². The minimum Gasteiger partial charge on any atom is -1.00 e. The number of hydrogen-bond donors (Lipinski definition) is 0. The van der Waals surface area contributed by atoms with Crippen LogP contribution in [0.5, 0.6) is 5.75 Å². The first-order valence-corrected chi connectivity index (χ1v) is 8.37. The average molecular weight is 460 g/mol. The zero-order chi connectivity index (χ0) is 17.9. The van der Waals surface area contributed by atoms with Gasteiger partial charge in [0.25, 0.3) is 0 Å². The molecule has 0 N–H and O–H groups in total. The highest BCUT2D eigenvalue weighted by atomic mass is 127. The van der Waals surface area contributed by atoms with Crippen molar-refractivity contribution in [3.63, 3.8) is 0 Å². The van der Waals surface area contributed by atoms with Crippen LogP contribution in [0.1, 0.15) is 18.1 Å². The number of hydrogen-bond acceptors (Lipinski definition) is 2. The lowest BCUT2D eigenvalue weighted by atomic mass is 9.97. The average Bonchev–Trinajstić information content (AvgIpc) is 2.85. The van der Waals surface area contributed by atoms with E-state index in [1.54, 1.807) is 0 Å². The molecule has 4 aromatic rings. The second-order valence-electron chi connectivity index (χ2n) is 6.74. The van der Waals surface area contributed by atoms with Gasteiger partial charge in [-0.2, -0.15) is 0 Å². The first kappa shape index (κ1) is 18.6. The fourth-order valence-electron chi connectivity index (χ4n) is 3.96. The molecule has 0 fully saturated rings. The molecule has 0 radical (unpaired) electrons. The van der Waals surface area contributed by atoms with E-state index < -0.39 is 0 Å². The molecule has 0 atom stereocenters. The van der Waals surface area contributed by atoms with Gasteiger partial charge in [-0.05, 0) is 48.6 Å². The predicted octanol–water partition coefficient (Wildman–Crippen LogP) is 0.855. The summed E-state index contributed by atoms with van der Waals surface area (Å²) in [6.45, 7) is 5.77. The molecule has 4 rings (SSSR count). The molecule has 4 nitrogen and oxygen atoms in total. The van der Waals surface area contributed by atoms with Crippen LogP contribution in [0.15, 0.2) is 36.7 Å². The Labute approximate surface area is 169 Å². The molecule has 0 bridgehead atoms. The summed E-state index contributed by atoms with van der Waals surface area (Å²) < 4.78 is 9.62. The van der Waals surface area contributed by atoms with Gasteiger partial charge in [-0.25, -0.2) is 4.57 Å². The van der Waals surface area contributed by atoms with Crippen LogP contribution in [-0.2, 0) is 18.9 Å². The number of fused-ring (bicyclic) bond motifs is 4. The molecule has 0 spiro atoms. The van der Waals surface area contributed by atoms with Crippen LogP contribution in [0.4, 0.5) is 0 Å². The molecule has 134 valence electrons. The van der Waals surface area contributed by atoms with Crippen LogP contribution in [0.3, 0.4) is 0 Å². The summed E-state index contributed by atoms with van der Waals surface area (Å²) in [5.41, 5.74) is 4.88. The molecule has 2 heterocycles. The van der Waals surface area contributed by atoms with Crippen molar-refractivity contribution in [1.29, 1.82) is 0 Å². The van der Waals surface area contributed by atoms with Gasteiger partial charge in [-0.15, -0.1) is 0 Å². The van der Waals surface area contributed by atoms with E-state index in [0.717, 1.165) is 10.9 Å². The summed E-state index contributed by atoms with van der Waals surface area (Å²) in [4.78, 5) is 11.3. The van der Waals surface area contributed by atoms with Crippen molar-refractivity contribution < 1.29 is 38.1 Å². The summed E-state index contributed by atoms with van der Waals surface area (Å²) in [6.07, 6.45) is 4.26. The number of aromatic nitrogens is 2. The van der Waals surface area contributed by atoms with E-state index in [4.69, 9.17) is 4.74 Å². The van der Waals surface area contributed by atoms with Crippen LogP contribution < -0.4 is 33.3 Å². The number of rotatable bonds is 1. The lowest BCUT2D eigenvalue weighted by molar-refractivity contribution is -0.670. The molecule has 0 aliphatic carbocycles. The zero-order valence-electron chi connectivity index (χ0n) is 15.6. The Hall–Kier alpha value is -2.15. The van der Waals surface area contributed by atoms with E-state index in [9.17, 15) is 4.79 Å². The number of carbonyl (C=O) groups excluding carboxylic acids is 1. The molecule has 0 saturated heterocycles. The molecule has 26 heavy (non-hydrogen) atoms. The lowest BCUT2D eigenvalue weighted by Gasteiger charge is -2.09. The minimum atomic E-state index is -0.301. The lowest BCUT2D eigenvalue weighted by Crippen LogP contribution is -3.00. The number of nitrogens with zero attached hydrogens (tertiary/aromatic N) is 2. The van der Waals surface area contributed by atoms with Gasteiger partial charge in [-0.3, -0.25) is 4.79 Å². The summed E-state index contributed by atoms with van der Waals surface area (Å²) >= 11 is 0. The third-order valence-electron chi connectivity index (χ3n) is 5.07. The number of ether oxygens (including phenoxy) is 1. The Bertz CT molecular complexity index is 1190. The third-order valence-corrected chi connectivity index (χ3v) is 5.07. The Kier molecular flexibility index (Phi) is 4.69. The van der Waals surface area contributed by atoms with Gasteiger partial charge < -0.3 is 33.3 Å². The molecule has 0 aliphatic rings. The first-order valence-electron chi connectivity index (χ1n) is 8.37. The molecule has 0 saturated carbocycles. The van der Waals surface area contributed by atoms with Crippen molar-refractivity contribution in [1.82, 2.24) is 4.57 Å². The smallest absolute Gasteiger partial charge is 0.308 e. The fraction of sp³-hybridized carbons (Fsp3) is 0.238. The van der Waals surface area contributed by atoms with Crippen LogP contribution in [-0.4, -0.2) is 10.5 Å². The second-order valence-corrected chi connectivity index (χ2v) is 6.74. The Morgan fingerprint density at radius 1 is 1.08 bits per heavy atom. The van der Waals surface area contributed by atoms with E-state index in [-0.39, 0.29) is 29.9 Å². The van der Waals surface area contributed by atoms with E-state index in [1.807, 2.05) is 25.2 Å². The van der Waals surface area contributed by atoms with Crippen LogP contribution >= 0.6 is 0 Å². The van der Waals surface area contributed by atoms with Gasteiger partial charge in [0.05, 0.1) is 5.52 Å². The zero-order valence-corrected chi connectivity index (χ0v) is 17.7. The van der Waals surface area contributed by atoms with E-state index in [0.29, 0.717) is 5.75 Å². The number of pyridine rings is 1. The SMILES string of the molecule is CC(=O)Oc1ccc2c(c1)c1c(C)c3c[n+](C)ccc3c(C)c1n2C.[I-]. The quantitative estimate of drug-likeness (QED) is 0.183. The van der Waals surface area contributed by atoms with Crippen molar-refractivity contribution in [2.24, 2.45) is 14.1 Å². The molecule has 2 aromatic heterocycles. The number of halogens is 1. The number of esters is 1. The summed E-state index contributed by atoms with van der Waals surface area (Å²) in [5, 5.41) is 4.86. The van der Waals surface area contributed by atoms with Crippen molar-refractivity contribution in [2.45, 2.75) is 20.8 Å². The Morgan fingerprint density at radius 3 is 2.50 bits per heavy atom. The largest absolute Gasteiger partial charge is 1.00 e. The molecular formula is C21H21IN2O2. The normalized spacial score (nSPS) is 11.1.